The van der Waals surface area contributed by atoms with Crippen LogP contribution in [0.3, 0.4) is 0 Å². The Morgan fingerprint density at radius 2 is 2.08 bits per heavy atom. The molecule has 4 unspecified atom stereocenters. The highest BCUT2D eigenvalue weighted by Crippen LogP contribution is 2.45. The maximum absolute atomic E-state index is 3.57. The maximum atomic E-state index is 3.57. The van der Waals surface area contributed by atoms with Gasteiger partial charge in [-0.2, -0.15) is 0 Å². The number of hydrogen-bond acceptors (Lipinski definition) is 1. The first-order chi connectivity index (χ1) is 6.35. The van der Waals surface area contributed by atoms with Crippen molar-refractivity contribution in [1.82, 2.24) is 5.32 Å². The molecule has 1 nitrogen and oxygen atoms in total. The SMILES string of the molecule is CCCC1CC2CCC(C2)C1NC. The second-order valence-corrected chi connectivity index (χ2v) is 5.04. The molecule has 4 atom stereocenters. The molecule has 2 rings (SSSR count). The molecule has 0 aromatic heterocycles. The minimum absolute atomic E-state index is 0.846. The number of fused-ring (bicyclic) bond motifs is 2. The van der Waals surface area contributed by atoms with Gasteiger partial charge in [-0.25, -0.2) is 0 Å². The zero-order valence-electron chi connectivity index (χ0n) is 9.05. The van der Waals surface area contributed by atoms with Gasteiger partial charge in [0.05, 0.1) is 0 Å². The highest BCUT2D eigenvalue weighted by atomic mass is 14.9. The molecule has 2 bridgehead atoms. The van der Waals surface area contributed by atoms with Crippen LogP contribution in [0.5, 0.6) is 0 Å². The van der Waals surface area contributed by atoms with Crippen LogP contribution >= 0.6 is 0 Å². The molecule has 0 radical (unpaired) electrons. The van der Waals surface area contributed by atoms with Crippen LogP contribution in [0.4, 0.5) is 0 Å². The van der Waals surface area contributed by atoms with E-state index in [1.165, 1.54) is 38.5 Å². The van der Waals surface area contributed by atoms with Crippen molar-refractivity contribution in [2.24, 2.45) is 17.8 Å². The minimum atomic E-state index is 0.846. The average Bonchev–Trinajstić information content (AvgIpc) is 2.50. The largest absolute Gasteiger partial charge is 0.316 e. The first kappa shape index (κ1) is 9.51. The normalized spacial score (nSPS) is 43.8. The summed E-state index contributed by atoms with van der Waals surface area (Å²) in [6, 6.07) is 0.846. The van der Waals surface area contributed by atoms with E-state index in [0.717, 1.165) is 23.8 Å². The van der Waals surface area contributed by atoms with Gasteiger partial charge in [-0.15, -0.1) is 0 Å². The summed E-state index contributed by atoms with van der Waals surface area (Å²) in [7, 11) is 2.16. The molecule has 2 aliphatic rings. The summed E-state index contributed by atoms with van der Waals surface area (Å²) in [5.41, 5.74) is 0. The third-order valence-corrected chi connectivity index (χ3v) is 4.23. The summed E-state index contributed by atoms with van der Waals surface area (Å²) in [5.74, 6) is 3.09. The zero-order valence-corrected chi connectivity index (χ0v) is 9.05. The molecular formula is C12H23N. The van der Waals surface area contributed by atoms with E-state index < -0.39 is 0 Å². The first-order valence-corrected chi connectivity index (χ1v) is 6.02. The molecule has 0 saturated heterocycles. The highest BCUT2D eigenvalue weighted by molar-refractivity contribution is 4.94. The van der Waals surface area contributed by atoms with Gasteiger partial charge in [0.25, 0.3) is 0 Å². The number of nitrogens with one attached hydrogen (secondary N) is 1. The van der Waals surface area contributed by atoms with Crippen LogP contribution in [0.1, 0.15) is 45.4 Å². The van der Waals surface area contributed by atoms with Crippen molar-refractivity contribution in [2.45, 2.75) is 51.5 Å². The molecule has 76 valence electrons. The molecule has 0 aromatic carbocycles. The summed E-state index contributed by atoms with van der Waals surface area (Å²) in [5, 5.41) is 3.57. The number of hydrogen-bond donors (Lipinski definition) is 1. The van der Waals surface area contributed by atoms with Crippen molar-refractivity contribution in [3.63, 3.8) is 0 Å². The molecule has 2 aliphatic carbocycles. The van der Waals surface area contributed by atoms with Crippen LogP contribution in [-0.4, -0.2) is 13.1 Å². The van der Waals surface area contributed by atoms with Gasteiger partial charge in [-0.1, -0.05) is 19.8 Å². The molecule has 1 heteroatoms. The molecule has 13 heavy (non-hydrogen) atoms. The van der Waals surface area contributed by atoms with E-state index in [1.807, 2.05) is 0 Å². The average molecular weight is 181 g/mol. The standard InChI is InChI=1S/C12H23N/c1-3-4-10-7-9-5-6-11(8-9)12(10)13-2/h9-13H,3-8H2,1-2H3. The second-order valence-electron chi connectivity index (χ2n) is 5.04. The molecule has 2 saturated carbocycles. The summed E-state index contributed by atoms with van der Waals surface area (Å²) in [6.07, 6.45) is 8.85. The molecule has 0 aromatic rings. The molecule has 2 fully saturated rings. The Bertz CT molecular complexity index is 167. The second kappa shape index (κ2) is 4.00. The van der Waals surface area contributed by atoms with E-state index >= 15 is 0 Å². The number of rotatable bonds is 3. The summed E-state index contributed by atoms with van der Waals surface area (Å²) >= 11 is 0. The highest BCUT2D eigenvalue weighted by Gasteiger charge is 2.40. The Hall–Kier alpha value is -0.0400. The smallest absolute Gasteiger partial charge is 0.0121 e. The van der Waals surface area contributed by atoms with Gasteiger partial charge in [0.1, 0.15) is 0 Å². The van der Waals surface area contributed by atoms with Crippen LogP contribution in [-0.2, 0) is 0 Å². The fourth-order valence-electron chi connectivity index (χ4n) is 3.75. The van der Waals surface area contributed by atoms with E-state index in [0.29, 0.717) is 0 Å². The topological polar surface area (TPSA) is 12.0 Å². The Labute approximate surface area is 82.3 Å². The quantitative estimate of drug-likeness (QED) is 0.706. The Morgan fingerprint density at radius 3 is 2.77 bits per heavy atom. The monoisotopic (exact) mass is 181 g/mol. The lowest BCUT2D eigenvalue weighted by molar-refractivity contribution is 0.182. The van der Waals surface area contributed by atoms with Crippen LogP contribution in [0, 0.1) is 17.8 Å². The van der Waals surface area contributed by atoms with E-state index in [-0.39, 0.29) is 0 Å². The predicted octanol–water partition coefficient (Wildman–Crippen LogP) is 2.81. The molecular weight excluding hydrogens is 158 g/mol. The third kappa shape index (κ3) is 1.76. The van der Waals surface area contributed by atoms with Crippen molar-refractivity contribution in [3.05, 3.63) is 0 Å². The molecule has 0 heterocycles. The molecule has 0 amide bonds. The molecule has 1 N–H and O–H groups in total. The van der Waals surface area contributed by atoms with Crippen LogP contribution in [0.25, 0.3) is 0 Å². The van der Waals surface area contributed by atoms with Gasteiger partial charge in [0, 0.05) is 6.04 Å². The van der Waals surface area contributed by atoms with Gasteiger partial charge in [0.2, 0.25) is 0 Å². The van der Waals surface area contributed by atoms with Gasteiger partial charge in [-0.05, 0) is 50.5 Å². The van der Waals surface area contributed by atoms with Crippen LogP contribution in [0.2, 0.25) is 0 Å². The Kier molecular flexibility index (Phi) is 2.92. The van der Waals surface area contributed by atoms with Crippen molar-refractivity contribution >= 4 is 0 Å². The predicted molar refractivity (Wildman–Crippen MR) is 56.7 cm³/mol. The third-order valence-electron chi connectivity index (χ3n) is 4.23. The summed E-state index contributed by atoms with van der Waals surface area (Å²) in [4.78, 5) is 0. The Balaban J connectivity index is 2.01. The summed E-state index contributed by atoms with van der Waals surface area (Å²) < 4.78 is 0. The van der Waals surface area contributed by atoms with Crippen LogP contribution < -0.4 is 5.32 Å². The van der Waals surface area contributed by atoms with Crippen molar-refractivity contribution in [2.75, 3.05) is 7.05 Å². The van der Waals surface area contributed by atoms with Crippen molar-refractivity contribution in [3.8, 4) is 0 Å². The first-order valence-electron chi connectivity index (χ1n) is 6.02. The van der Waals surface area contributed by atoms with Crippen molar-refractivity contribution in [1.29, 1.82) is 0 Å². The fraction of sp³-hybridized carbons (Fsp3) is 1.00. The fourth-order valence-corrected chi connectivity index (χ4v) is 3.75. The van der Waals surface area contributed by atoms with Crippen molar-refractivity contribution < 1.29 is 0 Å². The van der Waals surface area contributed by atoms with Gasteiger partial charge in [0.15, 0.2) is 0 Å². The van der Waals surface area contributed by atoms with E-state index in [4.69, 9.17) is 0 Å². The zero-order chi connectivity index (χ0) is 9.26. The molecule has 0 spiro atoms. The van der Waals surface area contributed by atoms with E-state index in [1.54, 1.807) is 0 Å². The van der Waals surface area contributed by atoms with Gasteiger partial charge < -0.3 is 5.32 Å². The molecule has 0 aliphatic heterocycles. The minimum Gasteiger partial charge on any atom is -0.316 e. The van der Waals surface area contributed by atoms with Gasteiger partial charge >= 0.3 is 0 Å². The lowest BCUT2D eigenvalue weighted by Gasteiger charge is -2.36. The lowest BCUT2D eigenvalue weighted by Crippen LogP contribution is -2.42. The maximum Gasteiger partial charge on any atom is 0.0121 e. The Morgan fingerprint density at radius 1 is 1.23 bits per heavy atom. The lowest BCUT2D eigenvalue weighted by atomic mass is 9.75. The van der Waals surface area contributed by atoms with Crippen LogP contribution in [0.15, 0.2) is 0 Å². The van der Waals surface area contributed by atoms with E-state index in [2.05, 4.69) is 19.3 Å². The summed E-state index contributed by atoms with van der Waals surface area (Å²) in [6.45, 7) is 2.32. The van der Waals surface area contributed by atoms with Gasteiger partial charge in [-0.3, -0.25) is 0 Å². The van der Waals surface area contributed by atoms with E-state index in [9.17, 15) is 0 Å².